The molecule has 0 bridgehead atoms. The van der Waals surface area contributed by atoms with Crippen LogP contribution in [0.5, 0.6) is 0 Å². The highest BCUT2D eigenvalue weighted by Crippen LogP contribution is 2.29. The Morgan fingerprint density at radius 3 is 2.18 bits per heavy atom. The van der Waals surface area contributed by atoms with Gasteiger partial charge in [0, 0.05) is 26.2 Å². The Labute approximate surface area is 162 Å². The maximum Gasteiger partial charge on any atom is 0.226 e. The van der Waals surface area contributed by atoms with Gasteiger partial charge in [-0.05, 0) is 41.8 Å². The predicted octanol–water partition coefficient (Wildman–Crippen LogP) is 2.24. The molecule has 0 saturated carbocycles. The molecular formula is C21H22F2N2O3. The van der Waals surface area contributed by atoms with Gasteiger partial charge in [-0.1, -0.05) is 24.3 Å². The van der Waals surface area contributed by atoms with Gasteiger partial charge in [0.05, 0.1) is 11.8 Å². The summed E-state index contributed by atoms with van der Waals surface area (Å²) in [7, 11) is 0. The van der Waals surface area contributed by atoms with Crippen molar-refractivity contribution in [2.24, 2.45) is 11.8 Å². The number of likely N-dealkylation sites (tertiary alicyclic amines) is 1. The predicted molar refractivity (Wildman–Crippen MR) is 98.7 cm³/mol. The molecule has 1 fully saturated rings. The van der Waals surface area contributed by atoms with Gasteiger partial charge in [0.15, 0.2) is 0 Å². The monoisotopic (exact) mass is 388 g/mol. The van der Waals surface area contributed by atoms with E-state index in [0.29, 0.717) is 0 Å². The minimum atomic E-state index is -0.598. The summed E-state index contributed by atoms with van der Waals surface area (Å²) in [6.45, 7) is 0.551. The third-order valence-electron chi connectivity index (χ3n) is 4.98. The van der Waals surface area contributed by atoms with Crippen molar-refractivity contribution in [3.05, 3.63) is 71.3 Å². The van der Waals surface area contributed by atoms with E-state index >= 15 is 0 Å². The number of aliphatic hydroxyl groups is 1. The molecule has 3 rings (SSSR count). The Balaban J connectivity index is 1.65. The lowest BCUT2D eigenvalue weighted by Gasteiger charge is -2.16. The minimum absolute atomic E-state index is 0.192. The SMILES string of the molecule is O=C(NCc1ccc(F)cc1)[C@@H]1CN(Cc2ccc(F)cc2)C(=O)[C@H]1CCO. The minimum Gasteiger partial charge on any atom is -0.396 e. The Morgan fingerprint density at radius 2 is 1.61 bits per heavy atom. The zero-order chi connectivity index (χ0) is 20.1. The van der Waals surface area contributed by atoms with Crippen molar-refractivity contribution in [1.29, 1.82) is 0 Å². The van der Waals surface area contributed by atoms with Crippen molar-refractivity contribution in [3.63, 3.8) is 0 Å². The van der Waals surface area contributed by atoms with E-state index in [9.17, 15) is 23.5 Å². The molecule has 2 N–H and O–H groups in total. The van der Waals surface area contributed by atoms with Crippen molar-refractivity contribution in [2.75, 3.05) is 13.2 Å². The van der Waals surface area contributed by atoms with E-state index in [-0.39, 0.29) is 56.1 Å². The van der Waals surface area contributed by atoms with Crippen LogP contribution in [0, 0.1) is 23.5 Å². The molecule has 0 aromatic heterocycles. The number of nitrogens with zero attached hydrogens (tertiary/aromatic N) is 1. The number of hydrogen-bond donors (Lipinski definition) is 2. The lowest BCUT2D eigenvalue weighted by Crippen LogP contribution is -2.35. The highest BCUT2D eigenvalue weighted by atomic mass is 19.1. The van der Waals surface area contributed by atoms with Crippen LogP contribution >= 0.6 is 0 Å². The standard InChI is InChI=1S/C21H22F2N2O3/c22-16-5-1-14(2-6-16)11-24-20(27)19-13-25(21(28)18(19)9-10-26)12-15-3-7-17(23)8-4-15/h1-8,18-19,26H,9-13H2,(H,24,27)/t18-,19+/m0/s1. The topological polar surface area (TPSA) is 69.6 Å². The number of benzene rings is 2. The molecule has 1 aliphatic rings. The highest BCUT2D eigenvalue weighted by Gasteiger charge is 2.43. The second-order valence-corrected chi connectivity index (χ2v) is 6.91. The summed E-state index contributed by atoms with van der Waals surface area (Å²) in [5.74, 6) is -2.36. The van der Waals surface area contributed by atoms with Gasteiger partial charge in [0.1, 0.15) is 11.6 Å². The summed E-state index contributed by atoms with van der Waals surface area (Å²) >= 11 is 0. The first-order valence-electron chi connectivity index (χ1n) is 9.14. The van der Waals surface area contributed by atoms with Crippen molar-refractivity contribution in [2.45, 2.75) is 19.5 Å². The van der Waals surface area contributed by atoms with Crippen LogP contribution in [0.3, 0.4) is 0 Å². The van der Waals surface area contributed by atoms with Gasteiger partial charge in [-0.15, -0.1) is 0 Å². The zero-order valence-corrected chi connectivity index (χ0v) is 15.3. The Hall–Kier alpha value is -2.80. The number of amides is 2. The van der Waals surface area contributed by atoms with E-state index < -0.39 is 11.8 Å². The number of carbonyl (C=O) groups is 2. The summed E-state index contributed by atoms with van der Waals surface area (Å²) < 4.78 is 26.1. The smallest absolute Gasteiger partial charge is 0.226 e. The molecule has 1 aliphatic heterocycles. The van der Waals surface area contributed by atoms with E-state index in [4.69, 9.17) is 0 Å². The fourth-order valence-corrected chi connectivity index (χ4v) is 3.47. The number of rotatable bonds is 7. The molecule has 2 atom stereocenters. The number of aliphatic hydroxyl groups excluding tert-OH is 1. The first-order valence-corrected chi connectivity index (χ1v) is 9.14. The van der Waals surface area contributed by atoms with E-state index in [1.54, 1.807) is 29.2 Å². The van der Waals surface area contributed by atoms with E-state index in [0.717, 1.165) is 11.1 Å². The lowest BCUT2D eigenvalue weighted by molar-refractivity contribution is -0.134. The number of nitrogens with one attached hydrogen (secondary N) is 1. The van der Waals surface area contributed by atoms with Gasteiger partial charge in [0.2, 0.25) is 11.8 Å². The van der Waals surface area contributed by atoms with E-state index in [2.05, 4.69) is 5.32 Å². The maximum absolute atomic E-state index is 13.1. The summed E-state index contributed by atoms with van der Waals surface area (Å²) in [4.78, 5) is 26.9. The maximum atomic E-state index is 13.1. The molecule has 2 aromatic carbocycles. The first kappa shape index (κ1) is 19.9. The molecule has 1 heterocycles. The molecule has 0 spiro atoms. The summed E-state index contributed by atoms with van der Waals surface area (Å²) in [6, 6.07) is 11.7. The molecule has 0 unspecified atom stereocenters. The molecule has 0 aliphatic carbocycles. The summed E-state index contributed by atoms with van der Waals surface area (Å²) in [5.41, 5.74) is 1.52. The van der Waals surface area contributed by atoms with Crippen LogP contribution in [0.4, 0.5) is 8.78 Å². The highest BCUT2D eigenvalue weighted by molar-refractivity contribution is 5.91. The van der Waals surface area contributed by atoms with E-state index in [1.807, 2.05) is 0 Å². The van der Waals surface area contributed by atoms with Gasteiger partial charge >= 0.3 is 0 Å². The number of halogens is 2. The molecular weight excluding hydrogens is 366 g/mol. The van der Waals surface area contributed by atoms with Crippen molar-refractivity contribution < 1.29 is 23.5 Å². The third kappa shape index (κ3) is 4.72. The van der Waals surface area contributed by atoms with Crippen molar-refractivity contribution in [1.82, 2.24) is 10.2 Å². The Kier molecular flexibility index (Phi) is 6.36. The van der Waals surface area contributed by atoms with Crippen molar-refractivity contribution in [3.8, 4) is 0 Å². The fourth-order valence-electron chi connectivity index (χ4n) is 3.47. The zero-order valence-electron chi connectivity index (χ0n) is 15.3. The number of carbonyl (C=O) groups excluding carboxylic acids is 2. The van der Waals surface area contributed by atoms with Crippen LogP contribution in [0.1, 0.15) is 17.5 Å². The number of hydrogen-bond acceptors (Lipinski definition) is 3. The van der Waals surface area contributed by atoms with Gasteiger partial charge < -0.3 is 15.3 Å². The second kappa shape index (κ2) is 8.93. The average molecular weight is 388 g/mol. The quantitative estimate of drug-likeness (QED) is 0.764. The fraction of sp³-hybridized carbons (Fsp3) is 0.333. The Morgan fingerprint density at radius 1 is 1.04 bits per heavy atom. The third-order valence-corrected chi connectivity index (χ3v) is 4.98. The Bertz CT molecular complexity index is 825. The van der Waals surface area contributed by atoms with Crippen LogP contribution in [-0.4, -0.2) is 35.0 Å². The molecule has 1 saturated heterocycles. The molecule has 7 heteroatoms. The lowest BCUT2D eigenvalue weighted by atomic mass is 9.92. The average Bonchev–Trinajstić information content (AvgIpc) is 2.99. The molecule has 2 amide bonds. The molecule has 2 aromatic rings. The van der Waals surface area contributed by atoms with Gasteiger partial charge in [-0.3, -0.25) is 9.59 Å². The van der Waals surface area contributed by atoms with Gasteiger partial charge in [-0.25, -0.2) is 8.78 Å². The largest absolute Gasteiger partial charge is 0.396 e. The van der Waals surface area contributed by atoms with Crippen LogP contribution in [-0.2, 0) is 22.7 Å². The molecule has 0 radical (unpaired) electrons. The molecule has 148 valence electrons. The summed E-state index contributed by atoms with van der Waals surface area (Å²) in [5, 5.41) is 12.1. The van der Waals surface area contributed by atoms with E-state index in [1.165, 1.54) is 24.3 Å². The molecule has 28 heavy (non-hydrogen) atoms. The van der Waals surface area contributed by atoms with Crippen molar-refractivity contribution >= 4 is 11.8 Å². The first-order chi connectivity index (χ1) is 13.5. The van der Waals surface area contributed by atoms with Crippen LogP contribution in [0.15, 0.2) is 48.5 Å². The molecule has 5 nitrogen and oxygen atoms in total. The van der Waals surface area contributed by atoms with Crippen LogP contribution in [0.2, 0.25) is 0 Å². The van der Waals surface area contributed by atoms with Gasteiger partial charge in [-0.2, -0.15) is 0 Å². The van der Waals surface area contributed by atoms with Crippen LogP contribution in [0.25, 0.3) is 0 Å². The summed E-state index contributed by atoms with van der Waals surface area (Å²) in [6.07, 6.45) is 0.202. The normalized spacial score (nSPS) is 19.1. The second-order valence-electron chi connectivity index (χ2n) is 6.91. The van der Waals surface area contributed by atoms with Crippen LogP contribution < -0.4 is 5.32 Å². The van der Waals surface area contributed by atoms with Gasteiger partial charge in [0.25, 0.3) is 0 Å².